The van der Waals surface area contributed by atoms with Crippen LogP contribution in [0.5, 0.6) is 5.75 Å². The van der Waals surface area contributed by atoms with Crippen molar-refractivity contribution in [3.8, 4) is 5.75 Å². The van der Waals surface area contributed by atoms with Crippen LogP contribution >= 0.6 is 0 Å². The van der Waals surface area contributed by atoms with E-state index in [1.165, 1.54) is 16.8 Å². The van der Waals surface area contributed by atoms with Crippen molar-refractivity contribution in [2.45, 2.75) is 30.4 Å². The highest BCUT2D eigenvalue weighted by atomic mass is 16.6. The SMILES string of the molecule is COc1ccc(C(OC[C@H]2O[C@@H](n3ccc(=O)[nH]c3=O)C[C@H]2N=[N+]=[N-])(c2ccccc2)c2ccccc2)cc1. The van der Waals surface area contributed by atoms with Gasteiger partial charge in [0.25, 0.3) is 5.56 Å². The minimum atomic E-state index is -1.04. The molecule has 1 aromatic heterocycles. The van der Waals surface area contributed by atoms with Crippen LogP contribution in [0.15, 0.2) is 112 Å². The summed E-state index contributed by atoms with van der Waals surface area (Å²) in [6.07, 6.45) is 0.227. The summed E-state index contributed by atoms with van der Waals surface area (Å²) in [6, 6.07) is 28.0. The molecule has 5 rings (SSSR count). The summed E-state index contributed by atoms with van der Waals surface area (Å²) < 4.78 is 19.7. The third kappa shape index (κ3) is 5.21. The summed E-state index contributed by atoms with van der Waals surface area (Å²) >= 11 is 0. The number of aromatic nitrogens is 2. The minimum Gasteiger partial charge on any atom is -0.497 e. The normalized spacial score (nSPS) is 18.8. The molecule has 0 radical (unpaired) electrons. The fraction of sp³-hybridized carbons (Fsp3) is 0.241. The first-order valence-electron chi connectivity index (χ1n) is 12.5. The zero-order chi connectivity index (χ0) is 27.2. The van der Waals surface area contributed by atoms with Crippen LogP contribution in [-0.2, 0) is 15.1 Å². The van der Waals surface area contributed by atoms with E-state index in [9.17, 15) is 15.1 Å². The van der Waals surface area contributed by atoms with Crippen LogP contribution < -0.4 is 16.0 Å². The Kier molecular flexibility index (Phi) is 7.60. The summed E-state index contributed by atoms with van der Waals surface area (Å²) in [5.74, 6) is 0.713. The van der Waals surface area contributed by atoms with Crippen LogP contribution in [0.4, 0.5) is 0 Å². The molecule has 0 spiro atoms. The molecule has 3 aromatic carbocycles. The molecule has 198 valence electrons. The summed E-state index contributed by atoms with van der Waals surface area (Å²) in [7, 11) is 1.62. The lowest BCUT2D eigenvalue weighted by molar-refractivity contribution is -0.0796. The maximum atomic E-state index is 12.4. The van der Waals surface area contributed by atoms with Crippen molar-refractivity contribution in [1.82, 2.24) is 9.55 Å². The molecule has 1 aliphatic heterocycles. The van der Waals surface area contributed by atoms with E-state index in [1.54, 1.807) is 7.11 Å². The molecule has 1 aliphatic rings. The number of hydrogen-bond acceptors (Lipinski definition) is 6. The molecule has 1 fully saturated rings. The third-order valence-electron chi connectivity index (χ3n) is 6.89. The maximum Gasteiger partial charge on any atom is 0.330 e. The van der Waals surface area contributed by atoms with Gasteiger partial charge in [0.1, 0.15) is 17.6 Å². The number of hydrogen-bond donors (Lipinski definition) is 1. The molecule has 1 saturated heterocycles. The molecular weight excluding hydrogens is 498 g/mol. The molecule has 0 saturated carbocycles. The number of ether oxygens (including phenoxy) is 3. The van der Waals surface area contributed by atoms with Crippen molar-refractivity contribution in [1.29, 1.82) is 0 Å². The second-order valence-corrected chi connectivity index (χ2v) is 9.11. The summed E-state index contributed by atoms with van der Waals surface area (Å²) in [6.45, 7) is 0.0497. The van der Waals surface area contributed by atoms with Crippen LogP contribution in [0.2, 0.25) is 0 Å². The van der Waals surface area contributed by atoms with Gasteiger partial charge in [0, 0.05) is 23.6 Å². The summed E-state index contributed by atoms with van der Waals surface area (Å²) in [5.41, 5.74) is 9.76. The van der Waals surface area contributed by atoms with Crippen molar-refractivity contribution >= 4 is 0 Å². The lowest BCUT2D eigenvalue weighted by Crippen LogP contribution is -2.37. The second-order valence-electron chi connectivity index (χ2n) is 9.11. The van der Waals surface area contributed by atoms with E-state index < -0.39 is 35.2 Å². The average molecular weight is 526 g/mol. The molecule has 4 aromatic rings. The van der Waals surface area contributed by atoms with Crippen LogP contribution in [0.1, 0.15) is 29.3 Å². The zero-order valence-corrected chi connectivity index (χ0v) is 21.2. The molecule has 39 heavy (non-hydrogen) atoms. The smallest absolute Gasteiger partial charge is 0.330 e. The molecule has 3 atom stereocenters. The summed E-state index contributed by atoms with van der Waals surface area (Å²) in [5, 5.41) is 3.94. The number of H-pyrrole nitrogens is 1. The molecule has 0 amide bonds. The lowest BCUT2D eigenvalue weighted by Gasteiger charge is -2.37. The lowest BCUT2D eigenvalue weighted by atomic mass is 9.80. The van der Waals surface area contributed by atoms with E-state index in [1.807, 2.05) is 84.9 Å². The second kappa shape index (κ2) is 11.4. The highest BCUT2D eigenvalue weighted by Gasteiger charge is 2.42. The van der Waals surface area contributed by atoms with Gasteiger partial charge in [0.15, 0.2) is 0 Å². The predicted octanol–water partition coefficient (Wildman–Crippen LogP) is 4.52. The Morgan fingerprint density at radius 1 is 0.974 bits per heavy atom. The Morgan fingerprint density at radius 3 is 2.15 bits per heavy atom. The fourth-order valence-corrected chi connectivity index (χ4v) is 5.01. The van der Waals surface area contributed by atoms with E-state index in [0.29, 0.717) is 5.75 Å². The van der Waals surface area contributed by atoms with E-state index in [4.69, 9.17) is 14.2 Å². The molecule has 10 heteroatoms. The number of benzene rings is 3. The predicted molar refractivity (Wildman–Crippen MR) is 144 cm³/mol. The first kappa shape index (κ1) is 26.0. The van der Waals surface area contributed by atoms with Gasteiger partial charge < -0.3 is 14.2 Å². The monoisotopic (exact) mass is 525 g/mol. The number of nitrogens with one attached hydrogen (secondary N) is 1. The van der Waals surface area contributed by atoms with Gasteiger partial charge in [-0.25, -0.2) is 4.79 Å². The molecule has 10 nitrogen and oxygen atoms in total. The van der Waals surface area contributed by atoms with Gasteiger partial charge >= 0.3 is 5.69 Å². The topological polar surface area (TPSA) is 131 Å². The number of aromatic amines is 1. The Balaban J connectivity index is 1.55. The highest BCUT2D eigenvalue weighted by Crippen LogP contribution is 2.42. The summed E-state index contributed by atoms with van der Waals surface area (Å²) in [4.78, 5) is 29.2. The van der Waals surface area contributed by atoms with Crippen LogP contribution in [0.3, 0.4) is 0 Å². The Bertz CT molecular complexity index is 1520. The minimum absolute atomic E-state index is 0.0497. The van der Waals surface area contributed by atoms with E-state index in [-0.39, 0.29) is 13.0 Å². The van der Waals surface area contributed by atoms with Crippen LogP contribution in [-0.4, -0.2) is 35.4 Å². The Morgan fingerprint density at radius 2 is 1.59 bits per heavy atom. The van der Waals surface area contributed by atoms with Gasteiger partial charge in [0.2, 0.25) is 0 Å². The zero-order valence-electron chi connectivity index (χ0n) is 21.2. The van der Waals surface area contributed by atoms with Gasteiger partial charge in [0.05, 0.1) is 25.9 Å². The number of methoxy groups -OCH3 is 1. The van der Waals surface area contributed by atoms with Crippen LogP contribution in [0.25, 0.3) is 10.4 Å². The highest BCUT2D eigenvalue weighted by molar-refractivity contribution is 5.48. The van der Waals surface area contributed by atoms with Crippen molar-refractivity contribution in [3.05, 3.63) is 145 Å². The van der Waals surface area contributed by atoms with E-state index in [0.717, 1.165) is 16.7 Å². The number of nitrogens with zero attached hydrogens (tertiary/aromatic N) is 4. The Labute approximate surface area is 224 Å². The number of rotatable bonds is 9. The first-order chi connectivity index (χ1) is 19.0. The molecule has 0 aliphatic carbocycles. The fourth-order valence-electron chi connectivity index (χ4n) is 5.01. The first-order valence-corrected chi connectivity index (χ1v) is 12.5. The van der Waals surface area contributed by atoms with Crippen molar-refractivity contribution in [2.75, 3.05) is 13.7 Å². The van der Waals surface area contributed by atoms with Gasteiger partial charge in [-0.3, -0.25) is 14.3 Å². The third-order valence-corrected chi connectivity index (χ3v) is 6.89. The number of azide groups is 1. The molecule has 1 N–H and O–H groups in total. The molecule has 0 bridgehead atoms. The van der Waals surface area contributed by atoms with Gasteiger partial charge in [-0.1, -0.05) is 77.9 Å². The molecule has 0 unspecified atom stereocenters. The largest absolute Gasteiger partial charge is 0.497 e. The van der Waals surface area contributed by atoms with Gasteiger partial charge in [-0.05, 0) is 34.4 Å². The molecule has 2 heterocycles. The standard InChI is InChI=1S/C29H27N5O5/c1-37-23-14-12-22(13-15-23)29(20-8-4-2-5-9-20,21-10-6-3-7-11-21)38-19-25-24(32-33-30)18-27(39-25)34-17-16-26(35)31-28(34)36/h2-17,24-25,27H,18-19H2,1H3,(H,31,35,36)/t24-,25-,27-/m1/s1. The van der Waals surface area contributed by atoms with Crippen LogP contribution in [0, 0.1) is 0 Å². The van der Waals surface area contributed by atoms with E-state index in [2.05, 4.69) is 15.0 Å². The van der Waals surface area contributed by atoms with Crippen molar-refractivity contribution in [2.24, 2.45) is 5.11 Å². The average Bonchev–Trinajstić information content (AvgIpc) is 3.37. The maximum absolute atomic E-state index is 12.4. The van der Waals surface area contributed by atoms with Crippen molar-refractivity contribution in [3.63, 3.8) is 0 Å². The van der Waals surface area contributed by atoms with Gasteiger partial charge in [-0.15, -0.1) is 0 Å². The van der Waals surface area contributed by atoms with E-state index >= 15 is 0 Å². The van der Waals surface area contributed by atoms with Crippen molar-refractivity contribution < 1.29 is 14.2 Å². The molecular formula is C29H27N5O5. The Hall–Kier alpha value is -4.63. The quantitative estimate of drug-likeness (QED) is 0.149. The van der Waals surface area contributed by atoms with Gasteiger partial charge in [-0.2, -0.15) is 0 Å².